The molecule has 0 spiro atoms. The second-order valence-corrected chi connectivity index (χ2v) is 4.42. The molecule has 1 aromatic heterocycles. The molecular weight excluding hydrogens is 264 g/mol. The van der Waals surface area contributed by atoms with Crippen LogP contribution in [-0.4, -0.2) is 10.1 Å². The van der Waals surface area contributed by atoms with Crippen LogP contribution in [0.15, 0.2) is 30.3 Å². The first-order valence-electron chi connectivity index (χ1n) is 6.35. The Morgan fingerprint density at radius 3 is 2.40 bits per heavy atom. The van der Waals surface area contributed by atoms with Crippen LogP contribution in [0, 0.1) is 11.6 Å². The highest BCUT2D eigenvalue weighted by Gasteiger charge is 2.07. The van der Waals surface area contributed by atoms with E-state index in [0.29, 0.717) is 5.56 Å². The molecule has 5 heteroatoms. The van der Waals surface area contributed by atoms with E-state index in [0.717, 1.165) is 36.7 Å². The molecule has 106 valence electrons. The number of aliphatic hydroxyl groups is 1. The smallest absolute Gasteiger partial charge is 0.219 e. The van der Waals surface area contributed by atoms with E-state index < -0.39 is 11.6 Å². The van der Waals surface area contributed by atoms with E-state index in [9.17, 15) is 13.9 Å². The fourth-order valence-electron chi connectivity index (χ4n) is 1.86. The van der Waals surface area contributed by atoms with Gasteiger partial charge in [0.25, 0.3) is 0 Å². The van der Waals surface area contributed by atoms with Gasteiger partial charge in [-0.05, 0) is 18.1 Å². The molecular formula is C15H15F2NO2. The number of aryl methyl sites for hydroxylation is 1. The average Bonchev–Trinajstić information content (AvgIpc) is 2.37. The van der Waals surface area contributed by atoms with Gasteiger partial charge in [0.2, 0.25) is 5.88 Å². The van der Waals surface area contributed by atoms with Crippen LogP contribution < -0.4 is 4.74 Å². The number of aromatic nitrogens is 1. The molecule has 3 nitrogen and oxygen atoms in total. The quantitative estimate of drug-likeness (QED) is 0.909. The first-order chi connectivity index (χ1) is 9.60. The van der Waals surface area contributed by atoms with Gasteiger partial charge in [-0.3, -0.25) is 0 Å². The molecule has 1 heterocycles. The third-order valence-corrected chi connectivity index (χ3v) is 2.66. The number of ether oxygens (including phenoxy) is 1. The van der Waals surface area contributed by atoms with E-state index in [2.05, 4.69) is 4.98 Å². The largest absolute Gasteiger partial charge is 0.439 e. The standard InChI is InChI=1S/C15H15F2NO2/c1-2-3-13-4-10(9-19)5-15(18-13)20-14-7-11(16)6-12(17)8-14/h4-8,19H,2-3,9H2,1H3. The number of halogens is 2. The molecule has 0 aliphatic heterocycles. The Morgan fingerprint density at radius 2 is 1.80 bits per heavy atom. The molecule has 2 rings (SSSR count). The van der Waals surface area contributed by atoms with Crippen molar-refractivity contribution in [3.63, 3.8) is 0 Å². The summed E-state index contributed by atoms with van der Waals surface area (Å²) in [7, 11) is 0. The number of hydrogen-bond donors (Lipinski definition) is 1. The lowest BCUT2D eigenvalue weighted by Crippen LogP contribution is -1.97. The second-order valence-electron chi connectivity index (χ2n) is 4.42. The van der Waals surface area contributed by atoms with E-state index >= 15 is 0 Å². The third kappa shape index (κ3) is 3.74. The maximum absolute atomic E-state index is 13.1. The number of aliphatic hydroxyl groups excluding tert-OH is 1. The Kier molecular flexibility index (Phi) is 4.63. The molecule has 0 aliphatic carbocycles. The van der Waals surface area contributed by atoms with E-state index in [4.69, 9.17) is 4.74 Å². The van der Waals surface area contributed by atoms with Crippen LogP contribution in [0.2, 0.25) is 0 Å². The Bertz CT molecular complexity index is 582. The Morgan fingerprint density at radius 1 is 1.10 bits per heavy atom. The van der Waals surface area contributed by atoms with E-state index in [1.54, 1.807) is 12.1 Å². The molecule has 1 N–H and O–H groups in total. The number of hydrogen-bond acceptors (Lipinski definition) is 3. The van der Waals surface area contributed by atoms with Crippen molar-refractivity contribution in [3.8, 4) is 11.6 Å². The molecule has 0 bridgehead atoms. The molecule has 0 fully saturated rings. The van der Waals surface area contributed by atoms with Crippen LogP contribution in [0.25, 0.3) is 0 Å². The third-order valence-electron chi connectivity index (χ3n) is 2.66. The summed E-state index contributed by atoms with van der Waals surface area (Å²) in [5.74, 6) is -1.18. The molecule has 0 unspecified atom stereocenters. The minimum atomic E-state index is -0.716. The maximum Gasteiger partial charge on any atom is 0.219 e. The van der Waals surface area contributed by atoms with Gasteiger partial charge in [0.15, 0.2) is 0 Å². The molecule has 0 saturated carbocycles. The van der Waals surface area contributed by atoms with Crippen molar-refractivity contribution >= 4 is 0 Å². The highest BCUT2D eigenvalue weighted by molar-refractivity contribution is 5.31. The monoisotopic (exact) mass is 279 g/mol. The van der Waals surface area contributed by atoms with Gasteiger partial charge in [0.05, 0.1) is 6.61 Å². The highest BCUT2D eigenvalue weighted by Crippen LogP contribution is 2.23. The minimum absolute atomic E-state index is 0.0348. The van der Waals surface area contributed by atoms with Crippen LogP contribution in [0.4, 0.5) is 8.78 Å². The fraction of sp³-hybridized carbons (Fsp3) is 0.267. The maximum atomic E-state index is 13.1. The van der Waals surface area contributed by atoms with Crippen LogP contribution in [0.3, 0.4) is 0 Å². The zero-order valence-corrected chi connectivity index (χ0v) is 11.1. The van der Waals surface area contributed by atoms with E-state index in [-0.39, 0.29) is 18.2 Å². The summed E-state index contributed by atoms with van der Waals surface area (Å²) in [6.45, 7) is 1.86. The van der Waals surface area contributed by atoms with Crippen molar-refractivity contribution in [2.45, 2.75) is 26.4 Å². The Labute approximate surface area is 115 Å². The molecule has 1 aromatic carbocycles. The molecule has 0 aliphatic rings. The van der Waals surface area contributed by atoms with E-state index in [1.165, 1.54) is 0 Å². The van der Waals surface area contributed by atoms with Gasteiger partial charge in [-0.1, -0.05) is 13.3 Å². The van der Waals surface area contributed by atoms with Crippen molar-refractivity contribution < 1.29 is 18.6 Å². The predicted molar refractivity (Wildman–Crippen MR) is 70.6 cm³/mol. The topological polar surface area (TPSA) is 42.4 Å². The van der Waals surface area contributed by atoms with Gasteiger partial charge in [-0.15, -0.1) is 0 Å². The van der Waals surface area contributed by atoms with Gasteiger partial charge >= 0.3 is 0 Å². The summed E-state index contributed by atoms with van der Waals surface area (Å²) >= 11 is 0. The average molecular weight is 279 g/mol. The van der Waals surface area contributed by atoms with Gasteiger partial charge in [0.1, 0.15) is 17.4 Å². The van der Waals surface area contributed by atoms with Gasteiger partial charge in [-0.25, -0.2) is 13.8 Å². The van der Waals surface area contributed by atoms with Crippen molar-refractivity contribution in [3.05, 3.63) is 53.2 Å². The van der Waals surface area contributed by atoms with Gasteiger partial charge in [-0.2, -0.15) is 0 Å². The van der Waals surface area contributed by atoms with Crippen LogP contribution in [0.5, 0.6) is 11.6 Å². The first kappa shape index (κ1) is 14.4. The second kappa shape index (κ2) is 6.43. The predicted octanol–water partition coefficient (Wildman–Crippen LogP) is 3.60. The van der Waals surface area contributed by atoms with Crippen molar-refractivity contribution in [2.24, 2.45) is 0 Å². The lowest BCUT2D eigenvalue weighted by molar-refractivity contribution is 0.280. The van der Waals surface area contributed by atoms with Crippen molar-refractivity contribution in [2.75, 3.05) is 0 Å². The lowest BCUT2D eigenvalue weighted by atomic mass is 10.2. The molecule has 0 radical (unpaired) electrons. The molecule has 2 aromatic rings. The molecule has 20 heavy (non-hydrogen) atoms. The Hall–Kier alpha value is -2.01. The highest BCUT2D eigenvalue weighted by atomic mass is 19.1. The summed E-state index contributed by atoms with van der Waals surface area (Å²) in [5, 5.41) is 9.21. The van der Waals surface area contributed by atoms with Crippen LogP contribution in [0.1, 0.15) is 24.6 Å². The molecule has 0 atom stereocenters. The van der Waals surface area contributed by atoms with Gasteiger partial charge in [0, 0.05) is 30.0 Å². The zero-order valence-electron chi connectivity index (χ0n) is 11.1. The summed E-state index contributed by atoms with van der Waals surface area (Å²) in [4.78, 5) is 4.25. The van der Waals surface area contributed by atoms with Crippen molar-refractivity contribution in [1.82, 2.24) is 4.98 Å². The Balaban J connectivity index is 2.29. The summed E-state index contributed by atoms with van der Waals surface area (Å²) in [6, 6.07) is 6.25. The number of rotatable bonds is 5. The molecule has 0 saturated heterocycles. The summed E-state index contributed by atoms with van der Waals surface area (Å²) < 4.78 is 31.6. The van der Waals surface area contributed by atoms with Gasteiger partial charge < -0.3 is 9.84 Å². The fourth-order valence-corrected chi connectivity index (χ4v) is 1.86. The minimum Gasteiger partial charge on any atom is -0.439 e. The number of benzene rings is 1. The SMILES string of the molecule is CCCc1cc(CO)cc(Oc2cc(F)cc(F)c2)n1. The normalized spacial score (nSPS) is 10.6. The molecule has 0 amide bonds. The lowest BCUT2D eigenvalue weighted by Gasteiger charge is -2.09. The number of pyridine rings is 1. The summed E-state index contributed by atoms with van der Waals surface area (Å²) in [5.41, 5.74) is 1.42. The van der Waals surface area contributed by atoms with E-state index in [1.807, 2.05) is 6.92 Å². The zero-order chi connectivity index (χ0) is 14.5. The summed E-state index contributed by atoms with van der Waals surface area (Å²) in [6.07, 6.45) is 1.64. The first-order valence-corrected chi connectivity index (χ1v) is 6.35. The van der Waals surface area contributed by atoms with Crippen molar-refractivity contribution in [1.29, 1.82) is 0 Å². The number of nitrogens with zero attached hydrogens (tertiary/aromatic N) is 1. The van der Waals surface area contributed by atoms with Crippen LogP contribution in [-0.2, 0) is 13.0 Å². The van der Waals surface area contributed by atoms with Crippen LogP contribution >= 0.6 is 0 Å².